The van der Waals surface area contributed by atoms with Crippen molar-refractivity contribution >= 4 is 12.4 Å². The molecule has 0 aromatic carbocycles. The van der Waals surface area contributed by atoms with Gasteiger partial charge in [-0.25, -0.2) is 8.78 Å². The van der Waals surface area contributed by atoms with Gasteiger partial charge in [0.1, 0.15) is 0 Å². The van der Waals surface area contributed by atoms with Crippen LogP contribution in [0.25, 0.3) is 0 Å². The lowest BCUT2D eigenvalue weighted by Crippen LogP contribution is -2.52. The van der Waals surface area contributed by atoms with E-state index in [4.69, 9.17) is 0 Å². The molecule has 0 aromatic heterocycles. The lowest BCUT2D eigenvalue weighted by atomic mass is 10.2. The number of rotatable bonds is 1. The zero-order chi connectivity index (χ0) is 7.56. The second-order valence-electron chi connectivity index (χ2n) is 2.59. The van der Waals surface area contributed by atoms with E-state index >= 15 is 0 Å². The van der Waals surface area contributed by atoms with Crippen molar-refractivity contribution in [3.63, 3.8) is 0 Å². The third kappa shape index (κ3) is 2.89. The lowest BCUT2D eigenvalue weighted by Gasteiger charge is -2.32. The molecular formula is C6H13ClF2N2. The van der Waals surface area contributed by atoms with Crippen molar-refractivity contribution in [1.82, 2.24) is 10.2 Å². The van der Waals surface area contributed by atoms with Gasteiger partial charge in [-0.2, -0.15) is 0 Å². The maximum atomic E-state index is 12.1. The lowest BCUT2D eigenvalue weighted by molar-refractivity contribution is 0.0260. The first-order chi connectivity index (χ1) is 4.72. The molecule has 1 saturated heterocycles. The summed E-state index contributed by atoms with van der Waals surface area (Å²) in [4.78, 5) is 1.70. The molecule has 68 valence electrons. The van der Waals surface area contributed by atoms with E-state index in [1.54, 1.807) is 11.9 Å². The third-order valence-corrected chi connectivity index (χ3v) is 1.85. The average Bonchev–Trinajstić information content (AvgIpc) is 1.88. The number of nitrogens with zero attached hydrogens (tertiary/aromatic N) is 1. The second kappa shape index (κ2) is 4.85. The maximum Gasteiger partial charge on any atom is 0.255 e. The maximum absolute atomic E-state index is 12.1. The molecule has 11 heavy (non-hydrogen) atoms. The number of alkyl halides is 2. The van der Waals surface area contributed by atoms with Crippen LogP contribution >= 0.6 is 12.4 Å². The Balaban J connectivity index is 0.000001000. The smallest absolute Gasteiger partial charge is 0.255 e. The molecule has 1 fully saturated rings. The molecule has 1 aliphatic rings. The van der Waals surface area contributed by atoms with E-state index in [-0.39, 0.29) is 12.4 Å². The summed E-state index contributed by atoms with van der Waals surface area (Å²) in [6.07, 6.45) is -2.22. The quantitative estimate of drug-likeness (QED) is 0.645. The molecule has 2 nitrogen and oxygen atoms in total. The molecule has 1 N–H and O–H groups in total. The largest absolute Gasteiger partial charge is 0.314 e. The topological polar surface area (TPSA) is 15.3 Å². The predicted molar refractivity (Wildman–Crippen MR) is 42.5 cm³/mol. The second-order valence-corrected chi connectivity index (χ2v) is 2.59. The fourth-order valence-corrected chi connectivity index (χ4v) is 1.11. The minimum Gasteiger partial charge on any atom is -0.314 e. The Bertz CT molecular complexity index is 113. The molecule has 0 spiro atoms. The number of likely N-dealkylation sites (N-methyl/N-ethyl adjacent to an activating group) is 1. The number of hydrogen-bond acceptors (Lipinski definition) is 2. The van der Waals surface area contributed by atoms with Gasteiger partial charge in [-0.15, -0.1) is 12.4 Å². The van der Waals surface area contributed by atoms with Crippen molar-refractivity contribution < 1.29 is 8.78 Å². The Morgan fingerprint density at radius 3 is 2.55 bits per heavy atom. The molecule has 5 heteroatoms. The summed E-state index contributed by atoms with van der Waals surface area (Å²) in [5.41, 5.74) is 0. The van der Waals surface area contributed by atoms with Gasteiger partial charge in [0, 0.05) is 19.6 Å². The van der Waals surface area contributed by atoms with Gasteiger partial charge in [-0.1, -0.05) is 0 Å². The molecule has 0 amide bonds. The van der Waals surface area contributed by atoms with Crippen LogP contribution in [0.5, 0.6) is 0 Å². The Morgan fingerprint density at radius 1 is 1.55 bits per heavy atom. The fraction of sp³-hybridized carbons (Fsp3) is 1.00. The van der Waals surface area contributed by atoms with Gasteiger partial charge in [0.2, 0.25) is 0 Å². The summed E-state index contributed by atoms with van der Waals surface area (Å²) in [5, 5.41) is 2.92. The summed E-state index contributed by atoms with van der Waals surface area (Å²) in [6.45, 7) is 1.95. The van der Waals surface area contributed by atoms with Crippen molar-refractivity contribution in [2.45, 2.75) is 12.5 Å². The van der Waals surface area contributed by atoms with Gasteiger partial charge in [0.05, 0.1) is 6.04 Å². The molecule has 0 radical (unpaired) electrons. The Hall–Kier alpha value is 0.0700. The molecule has 1 unspecified atom stereocenters. The summed E-state index contributed by atoms with van der Waals surface area (Å²) in [7, 11) is 1.73. The van der Waals surface area contributed by atoms with Crippen molar-refractivity contribution in [2.24, 2.45) is 0 Å². The molecule has 0 bridgehead atoms. The van der Waals surface area contributed by atoms with Crippen LogP contribution in [0.15, 0.2) is 0 Å². The average molecular weight is 187 g/mol. The molecular weight excluding hydrogens is 174 g/mol. The number of hydrogen-bond donors (Lipinski definition) is 1. The number of halogens is 3. The van der Waals surface area contributed by atoms with E-state index in [1.165, 1.54) is 0 Å². The SMILES string of the molecule is CN1CCNCC1C(F)F.Cl. The first kappa shape index (κ1) is 11.1. The highest BCUT2D eigenvalue weighted by Crippen LogP contribution is 2.08. The first-order valence-electron chi connectivity index (χ1n) is 3.41. The minimum absolute atomic E-state index is 0. The van der Waals surface area contributed by atoms with Gasteiger partial charge in [0.25, 0.3) is 6.43 Å². The zero-order valence-corrected chi connectivity index (χ0v) is 7.20. The highest BCUT2D eigenvalue weighted by atomic mass is 35.5. The van der Waals surface area contributed by atoms with Gasteiger partial charge in [-0.05, 0) is 7.05 Å². The Morgan fingerprint density at radius 2 is 2.18 bits per heavy atom. The molecule has 1 heterocycles. The van der Waals surface area contributed by atoms with Gasteiger partial charge < -0.3 is 5.32 Å². The third-order valence-electron chi connectivity index (χ3n) is 1.85. The van der Waals surface area contributed by atoms with Crippen molar-refractivity contribution in [2.75, 3.05) is 26.7 Å². The summed E-state index contributed by atoms with van der Waals surface area (Å²) >= 11 is 0. The highest BCUT2D eigenvalue weighted by molar-refractivity contribution is 5.85. The van der Waals surface area contributed by atoms with E-state index in [0.717, 1.165) is 13.1 Å². The zero-order valence-electron chi connectivity index (χ0n) is 6.39. The van der Waals surface area contributed by atoms with Crippen LogP contribution in [-0.2, 0) is 0 Å². The van der Waals surface area contributed by atoms with Crippen LogP contribution in [0.4, 0.5) is 8.78 Å². The summed E-state index contributed by atoms with van der Waals surface area (Å²) in [5.74, 6) is 0. The van der Waals surface area contributed by atoms with Gasteiger partial charge in [-0.3, -0.25) is 4.90 Å². The van der Waals surface area contributed by atoms with Crippen LogP contribution in [0, 0.1) is 0 Å². The summed E-state index contributed by atoms with van der Waals surface area (Å²) < 4.78 is 24.2. The van der Waals surface area contributed by atoms with Crippen LogP contribution in [0.3, 0.4) is 0 Å². The normalized spacial score (nSPS) is 26.7. The fourth-order valence-electron chi connectivity index (χ4n) is 1.11. The van der Waals surface area contributed by atoms with Crippen LogP contribution in [0.1, 0.15) is 0 Å². The van der Waals surface area contributed by atoms with Gasteiger partial charge in [0.15, 0.2) is 0 Å². The van der Waals surface area contributed by atoms with Crippen LogP contribution in [0.2, 0.25) is 0 Å². The monoisotopic (exact) mass is 186 g/mol. The number of piperazine rings is 1. The predicted octanol–water partition coefficient (Wildman–Crippen LogP) is 0.577. The van der Waals surface area contributed by atoms with Crippen molar-refractivity contribution in [3.05, 3.63) is 0 Å². The Kier molecular flexibility index (Phi) is 4.88. The minimum atomic E-state index is -2.22. The van der Waals surface area contributed by atoms with E-state index in [0.29, 0.717) is 6.54 Å². The molecule has 1 rings (SSSR count). The standard InChI is InChI=1S/C6H12F2N2.ClH/c1-10-3-2-9-4-5(10)6(7)8;/h5-6,9H,2-4H2,1H3;1H. The van der Waals surface area contributed by atoms with Crippen molar-refractivity contribution in [1.29, 1.82) is 0 Å². The Labute approximate surface area is 71.4 Å². The molecule has 1 aliphatic heterocycles. The van der Waals surface area contributed by atoms with Crippen molar-refractivity contribution in [3.8, 4) is 0 Å². The highest BCUT2D eigenvalue weighted by Gasteiger charge is 2.26. The van der Waals surface area contributed by atoms with E-state index in [1.807, 2.05) is 0 Å². The molecule has 1 atom stereocenters. The molecule has 0 aliphatic carbocycles. The number of nitrogens with one attached hydrogen (secondary N) is 1. The molecule has 0 aromatic rings. The van der Waals surface area contributed by atoms with Crippen LogP contribution in [-0.4, -0.2) is 44.0 Å². The van der Waals surface area contributed by atoms with Gasteiger partial charge >= 0.3 is 0 Å². The van der Waals surface area contributed by atoms with E-state index in [9.17, 15) is 8.78 Å². The first-order valence-corrected chi connectivity index (χ1v) is 3.41. The summed E-state index contributed by atoms with van der Waals surface area (Å²) in [6, 6.07) is -0.589. The van der Waals surface area contributed by atoms with Crippen LogP contribution < -0.4 is 5.32 Å². The van der Waals surface area contributed by atoms with E-state index in [2.05, 4.69) is 5.32 Å². The molecule has 0 saturated carbocycles. The van der Waals surface area contributed by atoms with E-state index < -0.39 is 12.5 Å².